The van der Waals surface area contributed by atoms with Crippen LogP contribution in [0.15, 0.2) is 48.7 Å². The van der Waals surface area contributed by atoms with Crippen molar-refractivity contribution in [2.45, 2.75) is 32.9 Å². The fourth-order valence-electron chi connectivity index (χ4n) is 1.95. The fraction of sp³-hybridized carbons (Fsp3) is 0.353. The summed E-state index contributed by atoms with van der Waals surface area (Å²) in [5, 5.41) is 3.43. The highest BCUT2D eigenvalue weighted by Gasteiger charge is 1.98. The molecule has 20 heavy (non-hydrogen) atoms. The van der Waals surface area contributed by atoms with E-state index >= 15 is 0 Å². The highest BCUT2D eigenvalue weighted by molar-refractivity contribution is 5.27. The lowest BCUT2D eigenvalue weighted by Gasteiger charge is -2.10. The molecule has 106 valence electrons. The number of benzene rings is 1. The third-order valence-electron chi connectivity index (χ3n) is 2.91. The molecular formula is C17H22N2O. The van der Waals surface area contributed by atoms with E-state index in [4.69, 9.17) is 4.74 Å². The second-order valence-corrected chi connectivity index (χ2v) is 5.06. The first-order valence-electron chi connectivity index (χ1n) is 7.10. The zero-order valence-electron chi connectivity index (χ0n) is 12.2. The van der Waals surface area contributed by atoms with Gasteiger partial charge in [0.05, 0.1) is 6.10 Å². The van der Waals surface area contributed by atoms with E-state index in [1.807, 2.05) is 44.3 Å². The Morgan fingerprint density at radius 1 is 1.10 bits per heavy atom. The summed E-state index contributed by atoms with van der Waals surface area (Å²) < 4.78 is 5.62. The van der Waals surface area contributed by atoms with E-state index in [2.05, 4.69) is 28.5 Å². The minimum absolute atomic E-state index is 0.220. The number of ether oxygens (including phenoxy) is 1. The van der Waals surface area contributed by atoms with Crippen molar-refractivity contribution in [3.05, 3.63) is 59.9 Å². The molecule has 1 aromatic heterocycles. The van der Waals surface area contributed by atoms with Crippen molar-refractivity contribution in [3.8, 4) is 5.75 Å². The summed E-state index contributed by atoms with van der Waals surface area (Å²) in [6.07, 6.45) is 3.01. The average molecular weight is 270 g/mol. The molecule has 0 saturated carbocycles. The maximum absolute atomic E-state index is 5.62. The van der Waals surface area contributed by atoms with Crippen LogP contribution in [0.2, 0.25) is 0 Å². The summed E-state index contributed by atoms with van der Waals surface area (Å²) in [4.78, 5) is 4.31. The van der Waals surface area contributed by atoms with Crippen LogP contribution in [0.5, 0.6) is 5.75 Å². The Morgan fingerprint density at radius 2 is 1.90 bits per heavy atom. The van der Waals surface area contributed by atoms with E-state index in [-0.39, 0.29) is 6.10 Å². The zero-order valence-corrected chi connectivity index (χ0v) is 12.2. The van der Waals surface area contributed by atoms with E-state index in [9.17, 15) is 0 Å². The number of aromatic nitrogens is 1. The van der Waals surface area contributed by atoms with Gasteiger partial charge in [0.1, 0.15) is 5.75 Å². The van der Waals surface area contributed by atoms with Crippen molar-refractivity contribution in [1.29, 1.82) is 0 Å². The molecule has 0 saturated heterocycles. The Kier molecular flexibility index (Phi) is 5.56. The Bertz CT molecular complexity index is 494. The molecule has 0 fully saturated rings. The lowest BCUT2D eigenvalue weighted by Crippen LogP contribution is -2.17. The molecule has 0 atom stereocenters. The summed E-state index contributed by atoms with van der Waals surface area (Å²) in [5.74, 6) is 0.928. The number of nitrogens with one attached hydrogen (secondary N) is 1. The zero-order chi connectivity index (χ0) is 14.2. The molecule has 0 amide bonds. The number of hydrogen-bond donors (Lipinski definition) is 1. The maximum atomic E-state index is 5.62. The van der Waals surface area contributed by atoms with Gasteiger partial charge in [-0.2, -0.15) is 0 Å². The first kappa shape index (κ1) is 14.5. The second-order valence-electron chi connectivity index (χ2n) is 5.06. The molecule has 0 bridgehead atoms. The van der Waals surface area contributed by atoms with Gasteiger partial charge in [-0.25, -0.2) is 0 Å². The third-order valence-corrected chi connectivity index (χ3v) is 2.91. The molecule has 0 aliphatic rings. The lowest BCUT2D eigenvalue weighted by molar-refractivity contribution is 0.242. The first-order valence-corrected chi connectivity index (χ1v) is 7.10. The second kappa shape index (κ2) is 7.65. The number of pyridine rings is 1. The highest BCUT2D eigenvalue weighted by atomic mass is 16.5. The fourth-order valence-corrected chi connectivity index (χ4v) is 1.95. The first-order chi connectivity index (χ1) is 9.74. The van der Waals surface area contributed by atoms with E-state index in [1.165, 1.54) is 5.56 Å². The predicted molar refractivity (Wildman–Crippen MR) is 81.9 cm³/mol. The molecule has 0 unspecified atom stereocenters. The van der Waals surface area contributed by atoms with Gasteiger partial charge < -0.3 is 10.1 Å². The number of rotatable bonds is 7. The van der Waals surface area contributed by atoms with E-state index in [0.717, 1.165) is 31.0 Å². The van der Waals surface area contributed by atoms with Crippen molar-refractivity contribution in [3.63, 3.8) is 0 Å². The Labute approximate surface area is 121 Å². The number of hydrogen-bond acceptors (Lipinski definition) is 3. The van der Waals surface area contributed by atoms with Crippen LogP contribution in [0.25, 0.3) is 0 Å². The van der Waals surface area contributed by atoms with Crippen LogP contribution in [-0.2, 0) is 13.0 Å². The van der Waals surface area contributed by atoms with E-state index in [0.29, 0.717) is 0 Å². The van der Waals surface area contributed by atoms with Crippen molar-refractivity contribution in [2.75, 3.05) is 6.54 Å². The van der Waals surface area contributed by atoms with Gasteiger partial charge in [0.25, 0.3) is 0 Å². The maximum Gasteiger partial charge on any atom is 0.119 e. The van der Waals surface area contributed by atoms with Gasteiger partial charge >= 0.3 is 0 Å². The van der Waals surface area contributed by atoms with E-state index in [1.54, 1.807) is 0 Å². The Morgan fingerprint density at radius 3 is 2.55 bits per heavy atom. The quantitative estimate of drug-likeness (QED) is 0.785. The van der Waals surface area contributed by atoms with Gasteiger partial charge in [0, 0.05) is 31.4 Å². The smallest absolute Gasteiger partial charge is 0.119 e. The van der Waals surface area contributed by atoms with Gasteiger partial charge in [-0.1, -0.05) is 18.2 Å². The van der Waals surface area contributed by atoms with Crippen molar-refractivity contribution < 1.29 is 4.74 Å². The summed E-state index contributed by atoms with van der Waals surface area (Å²) in [6, 6.07) is 14.3. The average Bonchev–Trinajstić information content (AvgIpc) is 2.46. The van der Waals surface area contributed by atoms with Crippen molar-refractivity contribution >= 4 is 0 Å². The molecule has 0 aliphatic carbocycles. The molecule has 3 heteroatoms. The van der Waals surface area contributed by atoms with Crippen LogP contribution in [0.3, 0.4) is 0 Å². The van der Waals surface area contributed by atoms with Crippen LogP contribution in [-0.4, -0.2) is 17.6 Å². The molecule has 0 spiro atoms. The molecule has 1 heterocycles. The Balaban J connectivity index is 1.71. The largest absolute Gasteiger partial charge is 0.491 e. The monoisotopic (exact) mass is 270 g/mol. The number of nitrogens with zero attached hydrogens (tertiary/aromatic N) is 1. The standard InChI is InChI=1S/C17H22N2O/c1-14(2)20-17-8-6-15(7-9-17)13-18-12-10-16-5-3-4-11-19-16/h3-9,11,14,18H,10,12-13H2,1-2H3. The predicted octanol–water partition coefficient (Wildman–Crippen LogP) is 3.20. The van der Waals surface area contributed by atoms with Crippen LogP contribution in [0.1, 0.15) is 25.1 Å². The minimum Gasteiger partial charge on any atom is -0.491 e. The van der Waals surface area contributed by atoms with Gasteiger partial charge in [0.15, 0.2) is 0 Å². The van der Waals surface area contributed by atoms with Gasteiger partial charge in [-0.3, -0.25) is 4.98 Å². The topological polar surface area (TPSA) is 34.1 Å². The molecule has 1 N–H and O–H groups in total. The highest BCUT2D eigenvalue weighted by Crippen LogP contribution is 2.13. The molecule has 0 radical (unpaired) electrons. The molecule has 2 aromatic rings. The van der Waals surface area contributed by atoms with Crippen LogP contribution >= 0.6 is 0 Å². The summed E-state index contributed by atoms with van der Waals surface area (Å²) in [7, 11) is 0. The normalized spacial score (nSPS) is 10.8. The summed E-state index contributed by atoms with van der Waals surface area (Å²) >= 11 is 0. The van der Waals surface area contributed by atoms with Gasteiger partial charge in [0.2, 0.25) is 0 Å². The Hall–Kier alpha value is -1.87. The van der Waals surface area contributed by atoms with Crippen LogP contribution in [0, 0.1) is 0 Å². The summed E-state index contributed by atoms with van der Waals surface area (Å²) in [5.41, 5.74) is 2.39. The van der Waals surface area contributed by atoms with Crippen LogP contribution in [0.4, 0.5) is 0 Å². The van der Waals surface area contributed by atoms with Crippen molar-refractivity contribution in [1.82, 2.24) is 10.3 Å². The minimum atomic E-state index is 0.220. The lowest BCUT2D eigenvalue weighted by atomic mass is 10.2. The molecule has 0 aliphatic heterocycles. The third kappa shape index (κ3) is 5.02. The summed E-state index contributed by atoms with van der Waals surface area (Å²) in [6.45, 7) is 5.87. The van der Waals surface area contributed by atoms with E-state index < -0.39 is 0 Å². The van der Waals surface area contributed by atoms with Gasteiger partial charge in [-0.05, 0) is 43.7 Å². The SMILES string of the molecule is CC(C)Oc1ccc(CNCCc2ccccn2)cc1. The molecular weight excluding hydrogens is 248 g/mol. The molecule has 3 nitrogen and oxygen atoms in total. The molecule has 1 aromatic carbocycles. The van der Waals surface area contributed by atoms with Crippen LogP contribution < -0.4 is 10.1 Å². The van der Waals surface area contributed by atoms with Gasteiger partial charge in [-0.15, -0.1) is 0 Å². The van der Waals surface area contributed by atoms with Crippen molar-refractivity contribution in [2.24, 2.45) is 0 Å². The molecule has 2 rings (SSSR count).